The van der Waals surface area contributed by atoms with Crippen LogP contribution in [0.25, 0.3) is 11.4 Å². The molecule has 0 atom stereocenters. The van der Waals surface area contributed by atoms with Crippen molar-refractivity contribution in [2.24, 2.45) is 0 Å². The van der Waals surface area contributed by atoms with E-state index in [1.165, 1.54) is 19.2 Å². The second-order valence-corrected chi connectivity index (χ2v) is 3.46. The Morgan fingerprint density at radius 2 is 2.00 bits per heavy atom. The molecule has 0 aliphatic carbocycles. The fourth-order valence-corrected chi connectivity index (χ4v) is 1.46. The third-order valence-corrected chi connectivity index (χ3v) is 2.24. The predicted molar refractivity (Wildman–Crippen MR) is 60.9 cm³/mol. The van der Waals surface area contributed by atoms with Crippen LogP contribution in [0.5, 0.6) is 6.01 Å². The molecule has 17 heavy (non-hydrogen) atoms. The van der Waals surface area contributed by atoms with E-state index in [4.69, 9.17) is 10.5 Å². The number of hydrogen-bond acceptors (Lipinski definition) is 5. The van der Waals surface area contributed by atoms with Crippen LogP contribution in [-0.4, -0.2) is 22.1 Å². The van der Waals surface area contributed by atoms with E-state index in [2.05, 4.69) is 15.0 Å². The van der Waals surface area contributed by atoms with Crippen LogP contribution >= 0.6 is 0 Å². The molecule has 2 N–H and O–H groups in total. The zero-order valence-electron chi connectivity index (χ0n) is 9.44. The Kier molecular flexibility index (Phi) is 2.86. The maximum Gasteiger partial charge on any atom is 0.321 e. The average Bonchev–Trinajstić information content (AvgIpc) is 2.28. The van der Waals surface area contributed by atoms with Gasteiger partial charge in [0.1, 0.15) is 5.82 Å². The van der Waals surface area contributed by atoms with E-state index in [-0.39, 0.29) is 17.8 Å². The minimum Gasteiger partial charge on any atom is -0.467 e. The molecule has 0 saturated heterocycles. The fourth-order valence-electron chi connectivity index (χ4n) is 1.46. The highest BCUT2D eigenvalue weighted by Gasteiger charge is 2.09. The van der Waals surface area contributed by atoms with Crippen LogP contribution in [0.1, 0.15) is 5.56 Å². The zero-order valence-corrected chi connectivity index (χ0v) is 9.44. The molecule has 0 aliphatic rings. The van der Waals surface area contributed by atoms with Crippen molar-refractivity contribution in [3.8, 4) is 17.4 Å². The topological polar surface area (TPSA) is 73.9 Å². The fraction of sp³-hybridized carbons (Fsp3) is 0.182. The molecule has 6 heteroatoms. The smallest absolute Gasteiger partial charge is 0.321 e. The number of anilines is 1. The van der Waals surface area contributed by atoms with Gasteiger partial charge in [0.05, 0.1) is 7.11 Å². The van der Waals surface area contributed by atoms with Crippen LogP contribution in [0.2, 0.25) is 0 Å². The predicted octanol–water partition coefficient (Wildman–Crippen LogP) is 1.58. The van der Waals surface area contributed by atoms with Crippen LogP contribution < -0.4 is 10.5 Å². The molecular weight excluding hydrogens is 223 g/mol. The van der Waals surface area contributed by atoms with E-state index >= 15 is 0 Å². The first-order valence-electron chi connectivity index (χ1n) is 4.92. The van der Waals surface area contributed by atoms with Crippen molar-refractivity contribution in [1.82, 2.24) is 15.0 Å². The second-order valence-electron chi connectivity index (χ2n) is 3.46. The monoisotopic (exact) mass is 234 g/mol. The van der Waals surface area contributed by atoms with Gasteiger partial charge in [-0.15, -0.1) is 0 Å². The van der Waals surface area contributed by atoms with E-state index in [1.807, 2.05) is 0 Å². The molecule has 5 nitrogen and oxygen atoms in total. The van der Waals surface area contributed by atoms with Crippen molar-refractivity contribution in [2.75, 3.05) is 12.8 Å². The van der Waals surface area contributed by atoms with E-state index < -0.39 is 0 Å². The molecule has 0 bridgehead atoms. The van der Waals surface area contributed by atoms with Gasteiger partial charge in [-0.1, -0.05) is 0 Å². The summed E-state index contributed by atoms with van der Waals surface area (Å²) in [5, 5.41) is 0. The molecule has 2 aromatic rings. The lowest BCUT2D eigenvalue weighted by Crippen LogP contribution is -2.03. The van der Waals surface area contributed by atoms with Crippen LogP contribution in [-0.2, 0) is 0 Å². The summed E-state index contributed by atoms with van der Waals surface area (Å²) in [7, 11) is 1.44. The number of rotatable bonds is 2. The Morgan fingerprint density at radius 3 is 2.65 bits per heavy atom. The van der Waals surface area contributed by atoms with Crippen molar-refractivity contribution < 1.29 is 9.13 Å². The molecule has 0 spiro atoms. The van der Waals surface area contributed by atoms with Crippen molar-refractivity contribution in [1.29, 1.82) is 0 Å². The van der Waals surface area contributed by atoms with Crippen LogP contribution in [0, 0.1) is 12.7 Å². The second kappa shape index (κ2) is 4.32. The minimum absolute atomic E-state index is 0.0653. The summed E-state index contributed by atoms with van der Waals surface area (Å²) >= 11 is 0. The molecule has 0 radical (unpaired) electrons. The first-order valence-corrected chi connectivity index (χ1v) is 4.92. The number of benzene rings is 1. The molecule has 1 aromatic heterocycles. The third-order valence-electron chi connectivity index (χ3n) is 2.24. The van der Waals surface area contributed by atoms with Crippen LogP contribution in [0.15, 0.2) is 18.2 Å². The molecule has 0 saturated carbocycles. The zero-order chi connectivity index (χ0) is 12.4. The highest BCUT2D eigenvalue weighted by Crippen LogP contribution is 2.22. The Morgan fingerprint density at radius 1 is 1.24 bits per heavy atom. The summed E-state index contributed by atoms with van der Waals surface area (Å²) in [6.45, 7) is 1.77. The maximum absolute atomic E-state index is 13.0. The lowest BCUT2D eigenvalue weighted by Gasteiger charge is -2.06. The number of nitrogen functional groups attached to an aromatic ring is 1. The number of nitrogens with zero attached hydrogens (tertiary/aromatic N) is 3. The van der Waals surface area contributed by atoms with Gasteiger partial charge >= 0.3 is 6.01 Å². The Hall–Kier alpha value is -2.24. The van der Waals surface area contributed by atoms with Gasteiger partial charge in [0.25, 0.3) is 0 Å². The number of methoxy groups -OCH3 is 1. The van der Waals surface area contributed by atoms with Crippen molar-refractivity contribution in [3.05, 3.63) is 29.6 Å². The summed E-state index contributed by atoms with van der Waals surface area (Å²) in [5.41, 5.74) is 6.95. The summed E-state index contributed by atoms with van der Waals surface area (Å²) in [4.78, 5) is 11.8. The number of aromatic nitrogens is 3. The lowest BCUT2D eigenvalue weighted by molar-refractivity contribution is 0.379. The third kappa shape index (κ3) is 2.30. The van der Waals surface area contributed by atoms with Crippen molar-refractivity contribution in [2.45, 2.75) is 6.92 Å². The van der Waals surface area contributed by atoms with Gasteiger partial charge in [0.15, 0.2) is 5.82 Å². The molecule has 0 amide bonds. The molecule has 1 heterocycles. The molecule has 0 aliphatic heterocycles. The van der Waals surface area contributed by atoms with Gasteiger partial charge in [-0.2, -0.15) is 15.0 Å². The van der Waals surface area contributed by atoms with Crippen molar-refractivity contribution in [3.63, 3.8) is 0 Å². The van der Waals surface area contributed by atoms with Gasteiger partial charge in [0.2, 0.25) is 5.95 Å². The van der Waals surface area contributed by atoms with E-state index in [0.717, 1.165) is 5.56 Å². The highest BCUT2D eigenvalue weighted by molar-refractivity contribution is 5.60. The number of hydrogen-bond donors (Lipinski definition) is 1. The van der Waals surface area contributed by atoms with Gasteiger partial charge in [-0.05, 0) is 30.7 Å². The molecule has 1 aromatic carbocycles. The molecule has 0 fully saturated rings. The minimum atomic E-state index is -0.305. The Balaban J connectivity index is 2.55. The number of nitrogens with two attached hydrogens (primary N) is 1. The van der Waals surface area contributed by atoms with Crippen LogP contribution in [0.4, 0.5) is 10.3 Å². The van der Waals surface area contributed by atoms with E-state index in [0.29, 0.717) is 11.4 Å². The average molecular weight is 234 g/mol. The quantitative estimate of drug-likeness (QED) is 0.853. The summed E-state index contributed by atoms with van der Waals surface area (Å²) in [5.74, 6) is 0.127. The molecule has 88 valence electrons. The number of aryl methyl sites for hydroxylation is 1. The van der Waals surface area contributed by atoms with Gasteiger partial charge < -0.3 is 10.5 Å². The highest BCUT2D eigenvalue weighted by atomic mass is 19.1. The summed E-state index contributed by atoms with van der Waals surface area (Å²) in [6, 6.07) is 4.48. The van der Waals surface area contributed by atoms with E-state index in [1.54, 1.807) is 13.0 Å². The summed E-state index contributed by atoms with van der Waals surface area (Å²) < 4.78 is 17.9. The lowest BCUT2D eigenvalue weighted by atomic mass is 10.1. The van der Waals surface area contributed by atoms with Gasteiger partial charge in [0, 0.05) is 5.56 Å². The Bertz CT molecular complexity index is 559. The van der Waals surface area contributed by atoms with Crippen molar-refractivity contribution >= 4 is 5.95 Å². The maximum atomic E-state index is 13.0. The summed E-state index contributed by atoms with van der Waals surface area (Å²) in [6.07, 6.45) is 0. The normalized spacial score (nSPS) is 10.3. The number of ether oxygens (including phenoxy) is 1. The van der Waals surface area contributed by atoms with E-state index in [9.17, 15) is 4.39 Å². The standard InChI is InChI=1S/C11H11FN4O/c1-6-5-7(12)3-4-8(6)9-14-10(13)16-11(15-9)17-2/h3-5H,1-2H3,(H2,13,14,15,16). The molecular formula is C11H11FN4O. The van der Waals surface area contributed by atoms with Gasteiger partial charge in [-0.3, -0.25) is 0 Å². The van der Waals surface area contributed by atoms with Crippen LogP contribution in [0.3, 0.4) is 0 Å². The SMILES string of the molecule is COc1nc(N)nc(-c2ccc(F)cc2C)n1. The molecule has 0 unspecified atom stereocenters. The largest absolute Gasteiger partial charge is 0.467 e. The molecule has 2 rings (SSSR count). The number of halogens is 1. The Labute approximate surface area is 97.5 Å². The first-order chi connectivity index (χ1) is 8.10. The van der Waals surface area contributed by atoms with Gasteiger partial charge in [-0.25, -0.2) is 4.39 Å². The first kappa shape index (κ1) is 11.3.